The smallest absolute Gasteiger partial charge is 0.319 e. The second kappa shape index (κ2) is 11.7. The number of ether oxygens (including phenoxy) is 2. The van der Waals surface area contributed by atoms with Gasteiger partial charge in [0.15, 0.2) is 5.82 Å². The van der Waals surface area contributed by atoms with E-state index < -0.39 is 11.6 Å². The molecule has 4 aromatic rings. The van der Waals surface area contributed by atoms with Crippen LogP contribution in [0.5, 0.6) is 11.8 Å². The van der Waals surface area contributed by atoms with Crippen molar-refractivity contribution in [3.8, 4) is 35.2 Å². The highest BCUT2D eigenvalue weighted by molar-refractivity contribution is 6.35. The highest BCUT2D eigenvalue weighted by Crippen LogP contribution is 2.48. The number of phenolic OH excluding ortho intramolecular Hbond substituents is 1. The van der Waals surface area contributed by atoms with Crippen molar-refractivity contribution in [1.29, 1.82) is 0 Å². The molecule has 5 fully saturated rings. The van der Waals surface area contributed by atoms with Crippen molar-refractivity contribution in [2.24, 2.45) is 5.41 Å². The third-order valence-electron chi connectivity index (χ3n) is 11.6. The molecule has 5 aliphatic rings. The molecule has 3 aromatic carbocycles. The highest BCUT2D eigenvalue weighted by Gasteiger charge is 2.48. The number of aromatic hydroxyl groups is 1. The minimum atomic E-state index is -0.713. The molecular weight excluding hydrogens is 648 g/mol. The van der Waals surface area contributed by atoms with Gasteiger partial charge in [0.1, 0.15) is 22.9 Å². The normalized spacial score (nSPS) is 23.9. The van der Waals surface area contributed by atoms with Gasteiger partial charge in [0.05, 0.1) is 29.4 Å². The Morgan fingerprint density at radius 3 is 2.49 bits per heavy atom. The summed E-state index contributed by atoms with van der Waals surface area (Å²) >= 11 is 6.91. The van der Waals surface area contributed by atoms with Crippen LogP contribution >= 0.6 is 11.6 Å². The zero-order valence-electron chi connectivity index (χ0n) is 27.2. The number of nitrogens with one attached hydrogen (secondary N) is 1. The van der Waals surface area contributed by atoms with E-state index in [1.54, 1.807) is 6.07 Å². The summed E-state index contributed by atoms with van der Waals surface area (Å²) in [6, 6.07) is 7.97. The number of piperidine rings is 1. The molecule has 2 unspecified atom stereocenters. The maximum atomic E-state index is 17.1. The van der Waals surface area contributed by atoms with Gasteiger partial charge in [-0.1, -0.05) is 23.6 Å². The zero-order chi connectivity index (χ0) is 33.5. The first-order chi connectivity index (χ1) is 23.7. The summed E-state index contributed by atoms with van der Waals surface area (Å²) in [5.74, 6) is 1.52. The number of rotatable bonds is 7. The lowest BCUT2D eigenvalue weighted by Crippen LogP contribution is -2.53. The Labute approximate surface area is 288 Å². The number of hydrogen-bond acceptors (Lipinski definition) is 8. The van der Waals surface area contributed by atoms with Gasteiger partial charge >= 0.3 is 6.01 Å². The Morgan fingerprint density at radius 1 is 1.06 bits per heavy atom. The zero-order valence-corrected chi connectivity index (χ0v) is 28.0. The molecule has 4 aliphatic heterocycles. The summed E-state index contributed by atoms with van der Waals surface area (Å²) in [5.41, 5.74) is 0.290. The average Bonchev–Trinajstić information content (AvgIpc) is 3.76. The average molecular weight is 686 g/mol. The molecule has 254 valence electrons. The van der Waals surface area contributed by atoms with E-state index in [0.717, 1.165) is 77.9 Å². The standard InChI is InChI=1S/C38H38ClF2N5O3/c1-2-26-30(40)6-3-22-15-25(47)16-27(31(22)26)32-29(39)17-28-34(33(32)41)43-36(44-35(28)46-18-23-4-5-24(19-46)42-23)48-21-37(7-8-37)20-45-12-9-38(10-13-45)11-14-49-38/h1,3,6,15-17,23-24,42,47H,4-5,7-14,18-21H2. The molecule has 5 heterocycles. The molecule has 49 heavy (non-hydrogen) atoms. The van der Waals surface area contributed by atoms with Crippen LogP contribution < -0.4 is 15.0 Å². The fourth-order valence-corrected chi connectivity index (χ4v) is 8.86. The third kappa shape index (κ3) is 5.46. The van der Waals surface area contributed by atoms with E-state index in [2.05, 4.69) is 26.0 Å². The number of benzene rings is 3. The van der Waals surface area contributed by atoms with Crippen LogP contribution in [0.1, 0.15) is 50.5 Å². The van der Waals surface area contributed by atoms with Crippen molar-refractivity contribution in [2.75, 3.05) is 50.8 Å². The molecule has 1 saturated carbocycles. The SMILES string of the molecule is C#Cc1c(F)ccc2cc(O)cc(-c3c(Cl)cc4c(N5CC6CCC(C5)N6)nc(OCC5(CN6CCC7(CCO7)CC6)CC5)nc4c3F)c12. The number of terminal acetylenes is 1. The molecule has 0 amide bonds. The molecule has 4 saturated heterocycles. The predicted molar refractivity (Wildman–Crippen MR) is 185 cm³/mol. The number of anilines is 1. The summed E-state index contributed by atoms with van der Waals surface area (Å²) in [5, 5.41) is 15.6. The van der Waals surface area contributed by atoms with E-state index in [9.17, 15) is 9.50 Å². The first-order valence-electron chi connectivity index (χ1n) is 17.3. The number of hydrogen-bond donors (Lipinski definition) is 2. The molecule has 2 N–H and O–H groups in total. The first kappa shape index (κ1) is 31.2. The number of piperazine rings is 1. The molecule has 8 nitrogen and oxygen atoms in total. The van der Waals surface area contributed by atoms with Gasteiger partial charge in [-0.15, -0.1) is 6.42 Å². The molecule has 1 aliphatic carbocycles. The Hall–Kier alpha value is -3.75. The number of nitrogens with zero attached hydrogens (tertiary/aromatic N) is 4. The van der Waals surface area contributed by atoms with Gasteiger partial charge in [-0.25, -0.2) is 8.78 Å². The van der Waals surface area contributed by atoms with E-state index in [-0.39, 0.29) is 55.4 Å². The molecular formula is C38H38ClF2N5O3. The Morgan fingerprint density at radius 2 is 1.82 bits per heavy atom. The van der Waals surface area contributed by atoms with Gasteiger partial charge in [0.25, 0.3) is 0 Å². The van der Waals surface area contributed by atoms with Gasteiger partial charge in [-0.05, 0) is 80.2 Å². The molecule has 1 spiro atoms. The van der Waals surface area contributed by atoms with E-state index in [0.29, 0.717) is 35.3 Å². The van der Waals surface area contributed by atoms with Crippen molar-refractivity contribution in [3.05, 3.63) is 52.6 Å². The van der Waals surface area contributed by atoms with Gasteiger partial charge in [-0.2, -0.15) is 9.97 Å². The maximum Gasteiger partial charge on any atom is 0.319 e. The largest absolute Gasteiger partial charge is 0.508 e. The van der Waals surface area contributed by atoms with Crippen molar-refractivity contribution in [1.82, 2.24) is 20.2 Å². The molecule has 0 radical (unpaired) electrons. The maximum absolute atomic E-state index is 17.1. The van der Waals surface area contributed by atoms with Crippen molar-refractivity contribution in [2.45, 2.75) is 62.6 Å². The Balaban J connectivity index is 1.10. The van der Waals surface area contributed by atoms with Gasteiger partial charge < -0.3 is 29.7 Å². The minimum Gasteiger partial charge on any atom is -0.508 e. The number of phenols is 1. The number of likely N-dealkylation sites (tertiary alicyclic amines) is 1. The second-order valence-electron chi connectivity index (χ2n) is 14.8. The third-order valence-corrected chi connectivity index (χ3v) is 11.9. The summed E-state index contributed by atoms with van der Waals surface area (Å²) < 4.78 is 44.4. The Kier molecular flexibility index (Phi) is 7.44. The molecule has 9 rings (SSSR count). The highest BCUT2D eigenvalue weighted by atomic mass is 35.5. The van der Waals surface area contributed by atoms with E-state index in [1.807, 2.05) is 0 Å². The van der Waals surface area contributed by atoms with Crippen LogP contribution in [-0.4, -0.2) is 83.6 Å². The topological polar surface area (TPSA) is 83.0 Å². The summed E-state index contributed by atoms with van der Waals surface area (Å²) in [4.78, 5) is 14.3. The molecule has 2 atom stereocenters. The fraction of sp³-hybridized carbons (Fsp3) is 0.474. The van der Waals surface area contributed by atoms with E-state index >= 15 is 4.39 Å². The van der Waals surface area contributed by atoms with Crippen LogP contribution in [0.2, 0.25) is 5.02 Å². The van der Waals surface area contributed by atoms with E-state index in [4.69, 9.17) is 32.5 Å². The monoisotopic (exact) mass is 685 g/mol. The minimum absolute atomic E-state index is 0.0114. The van der Waals surface area contributed by atoms with Crippen LogP contribution in [0.4, 0.5) is 14.6 Å². The number of halogens is 3. The molecule has 1 aromatic heterocycles. The van der Waals surface area contributed by atoms with Crippen LogP contribution in [0, 0.1) is 29.4 Å². The summed E-state index contributed by atoms with van der Waals surface area (Å²) in [7, 11) is 0. The van der Waals surface area contributed by atoms with Crippen LogP contribution in [-0.2, 0) is 4.74 Å². The van der Waals surface area contributed by atoms with Gasteiger partial charge in [-0.3, -0.25) is 0 Å². The van der Waals surface area contributed by atoms with Crippen LogP contribution in [0.15, 0.2) is 30.3 Å². The van der Waals surface area contributed by atoms with Gasteiger partial charge in [0, 0.05) is 66.6 Å². The second-order valence-corrected chi connectivity index (χ2v) is 15.2. The van der Waals surface area contributed by atoms with Crippen LogP contribution in [0.3, 0.4) is 0 Å². The van der Waals surface area contributed by atoms with E-state index in [1.165, 1.54) is 30.7 Å². The molecule has 2 bridgehead atoms. The summed E-state index contributed by atoms with van der Waals surface area (Å²) in [6.07, 6.45) is 13.3. The molecule has 11 heteroatoms. The van der Waals surface area contributed by atoms with Gasteiger partial charge in [0.2, 0.25) is 0 Å². The fourth-order valence-electron chi connectivity index (χ4n) is 8.57. The lowest BCUT2D eigenvalue weighted by atomic mass is 9.84. The quantitative estimate of drug-likeness (QED) is 0.216. The predicted octanol–water partition coefficient (Wildman–Crippen LogP) is 6.42. The van der Waals surface area contributed by atoms with Crippen molar-refractivity contribution >= 4 is 39.1 Å². The lowest BCUT2D eigenvalue weighted by Gasteiger charge is -2.48. The lowest BCUT2D eigenvalue weighted by molar-refractivity contribution is -0.173. The summed E-state index contributed by atoms with van der Waals surface area (Å²) in [6.45, 7) is 5.74. The number of aromatic nitrogens is 2. The Bertz CT molecular complexity index is 2020. The van der Waals surface area contributed by atoms with Crippen molar-refractivity contribution < 1.29 is 23.4 Å². The van der Waals surface area contributed by atoms with Crippen molar-refractivity contribution in [3.63, 3.8) is 0 Å². The number of fused-ring (bicyclic) bond motifs is 4. The van der Waals surface area contributed by atoms with Crippen LogP contribution in [0.25, 0.3) is 32.8 Å². The first-order valence-corrected chi connectivity index (χ1v) is 17.7.